The largest absolute Gasteiger partial charge is 0.314 e. The van der Waals surface area contributed by atoms with Crippen molar-refractivity contribution < 1.29 is 0 Å². The lowest BCUT2D eigenvalue weighted by atomic mass is 9.92. The van der Waals surface area contributed by atoms with Crippen LogP contribution in [-0.4, -0.2) is 12.6 Å². The van der Waals surface area contributed by atoms with Crippen molar-refractivity contribution in [2.75, 3.05) is 6.54 Å². The predicted octanol–water partition coefficient (Wildman–Crippen LogP) is 3.59. The standard InChI is InChI=1S/C14H27N/c1-4-15-13(12-10-14(12,2)3)9-11-7-5-6-8-11/h11-13,15H,4-10H2,1-3H3. The molecule has 2 unspecified atom stereocenters. The summed E-state index contributed by atoms with van der Waals surface area (Å²) in [5, 5.41) is 3.73. The monoisotopic (exact) mass is 209 g/mol. The van der Waals surface area contributed by atoms with Gasteiger partial charge in [-0.15, -0.1) is 0 Å². The quantitative estimate of drug-likeness (QED) is 0.729. The van der Waals surface area contributed by atoms with Gasteiger partial charge in [0.1, 0.15) is 0 Å². The molecule has 0 bridgehead atoms. The molecule has 2 aliphatic rings. The van der Waals surface area contributed by atoms with Crippen LogP contribution in [0.25, 0.3) is 0 Å². The zero-order valence-corrected chi connectivity index (χ0v) is 10.7. The summed E-state index contributed by atoms with van der Waals surface area (Å²) in [4.78, 5) is 0. The van der Waals surface area contributed by atoms with Crippen molar-refractivity contribution in [2.24, 2.45) is 17.3 Å². The normalized spacial score (nSPS) is 31.8. The second-order valence-corrected chi connectivity index (χ2v) is 6.35. The molecule has 1 nitrogen and oxygen atoms in total. The first-order chi connectivity index (χ1) is 7.13. The van der Waals surface area contributed by atoms with E-state index in [2.05, 4.69) is 26.1 Å². The van der Waals surface area contributed by atoms with Gasteiger partial charge in [-0.1, -0.05) is 46.5 Å². The van der Waals surface area contributed by atoms with Gasteiger partial charge in [0.05, 0.1) is 0 Å². The van der Waals surface area contributed by atoms with Crippen LogP contribution >= 0.6 is 0 Å². The molecule has 2 atom stereocenters. The molecule has 0 aromatic rings. The highest BCUT2D eigenvalue weighted by atomic mass is 14.9. The lowest BCUT2D eigenvalue weighted by molar-refractivity contribution is 0.333. The van der Waals surface area contributed by atoms with E-state index in [1.165, 1.54) is 38.5 Å². The first-order valence-corrected chi connectivity index (χ1v) is 6.87. The molecule has 15 heavy (non-hydrogen) atoms. The summed E-state index contributed by atoms with van der Waals surface area (Å²) in [6.07, 6.45) is 8.85. The van der Waals surface area contributed by atoms with Gasteiger partial charge in [-0.3, -0.25) is 0 Å². The third-order valence-corrected chi connectivity index (χ3v) is 4.60. The van der Waals surface area contributed by atoms with Crippen LogP contribution in [0.5, 0.6) is 0 Å². The Kier molecular flexibility index (Phi) is 3.39. The van der Waals surface area contributed by atoms with E-state index < -0.39 is 0 Å². The van der Waals surface area contributed by atoms with Crippen molar-refractivity contribution in [2.45, 2.75) is 65.3 Å². The van der Waals surface area contributed by atoms with Crippen LogP contribution in [0.2, 0.25) is 0 Å². The van der Waals surface area contributed by atoms with Crippen molar-refractivity contribution in [3.8, 4) is 0 Å². The summed E-state index contributed by atoms with van der Waals surface area (Å²) >= 11 is 0. The van der Waals surface area contributed by atoms with Gasteiger partial charge in [0.15, 0.2) is 0 Å². The van der Waals surface area contributed by atoms with Gasteiger partial charge in [-0.2, -0.15) is 0 Å². The Bertz CT molecular complexity index is 203. The van der Waals surface area contributed by atoms with Gasteiger partial charge in [0.2, 0.25) is 0 Å². The molecule has 0 heterocycles. The molecule has 0 saturated heterocycles. The zero-order chi connectivity index (χ0) is 10.9. The second-order valence-electron chi connectivity index (χ2n) is 6.35. The molecular weight excluding hydrogens is 182 g/mol. The van der Waals surface area contributed by atoms with Crippen LogP contribution in [-0.2, 0) is 0 Å². The van der Waals surface area contributed by atoms with Crippen LogP contribution in [0.15, 0.2) is 0 Å². The highest BCUT2D eigenvalue weighted by molar-refractivity contribution is 5.02. The number of rotatable bonds is 5. The van der Waals surface area contributed by atoms with Crippen LogP contribution in [0, 0.1) is 17.3 Å². The van der Waals surface area contributed by atoms with E-state index >= 15 is 0 Å². The molecule has 0 radical (unpaired) electrons. The molecule has 2 aliphatic carbocycles. The SMILES string of the molecule is CCNC(CC1CCCC1)C1CC1(C)C. The average Bonchev–Trinajstić information content (AvgIpc) is 2.65. The Hall–Kier alpha value is -0.0400. The summed E-state index contributed by atoms with van der Waals surface area (Å²) in [6.45, 7) is 8.24. The Labute approximate surface area is 95.0 Å². The van der Waals surface area contributed by atoms with Gasteiger partial charge < -0.3 is 5.32 Å². The fourth-order valence-corrected chi connectivity index (χ4v) is 3.45. The first-order valence-electron chi connectivity index (χ1n) is 6.87. The Morgan fingerprint density at radius 2 is 1.87 bits per heavy atom. The molecule has 0 amide bonds. The van der Waals surface area contributed by atoms with E-state index in [0.29, 0.717) is 5.41 Å². The smallest absolute Gasteiger partial charge is 0.0103 e. The van der Waals surface area contributed by atoms with Crippen molar-refractivity contribution >= 4 is 0 Å². The summed E-state index contributed by atoms with van der Waals surface area (Å²) in [7, 11) is 0. The van der Waals surface area contributed by atoms with E-state index in [1.807, 2.05) is 0 Å². The second kappa shape index (κ2) is 4.45. The van der Waals surface area contributed by atoms with Gasteiger partial charge in [0, 0.05) is 6.04 Å². The molecule has 2 saturated carbocycles. The molecular formula is C14H27N. The molecule has 1 heteroatoms. The highest BCUT2D eigenvalue weighted by Crippen LogP contribution is 2.54. The number of nitrogens with one attached hydrogen (secondary N) is 1. The van der Waals surface area contributed by atoms with Crippen molar-refractivity contribution in [3.63, 3.8) is 0 Å². The Balaban J connectivity index is 1.83. The van der Waals surface area contributed by atoms with Crippen LogP contribution in [0.4, 0.5) is 0 Å². The Morgan fingerprint density at radius 1 is 1.27 bits per heavy atom. The van der Waals surface area contributed by atoms with Crippen LogP contribution in [0.1, 0.15) is 59.3 Å². The van der Waals surface area contributed by atoms with E-state index in [1.54, 1.807) is 0 Å². The van der Waals surface area contributed by atoms with E-state index in [4.69, 9.17) is 0 Å². The zero-order valence-electron chi connectivity index (χ0n) is 10.7. The molecule has 0 aromatic carbocycles. The number of hydrogen-bond donors (Lipinski definition) is 1. The average molecular weight is 209 g/mol. The summed E-state index contributed by atoms with van der Waals surface area (Å²) < 4.78 is 0. The van der Waals surface area contributed by atoms with E-state index in [9.17, 15) is 0 Å². The minimum absolute atomic E-state index is 0.630. The third-order valence-electron chi connectivity index (χ3n) is 4.60. The lowest BCUT2D eigenvalue weighted by Crippen LogP contribution is -2.34. The van der Waals surface area contributed by atoms with Gasteiger partial charge >= 0.3 is 0 Å². The van der Waals surface area contributed by atoms with Gasteiger partial charge in [-0.25, -0.2) is 0 Å². The third kappa shape index (κ3) is 2.75. The van der Waals surface area contributed by atoms with Crippen molar-refractivity contribution in [1.82, 2.24) is 5.32 Å². The van der Waals surface area contributed by atoms with Gasteiger partial charge in [-0.05, 0) is 36.6 Å². The minimum atomic E-state index is 0.630. The maximum atomic E-state index is 3.73. The highest BCUT2D eigenvalue weighted by Gasteiger charge is 2.49. The fourth-order valence-electron chi connectivity index (χ4n) is 3.45. The molecule has 88 valence electrons. The van der Waals surface area contributed by atoms with Crippen molar-refractivity contribution in [1.29, 1.82) is 0 Å². The van der Waals surface area contributed by atoms with E-state index in [-0.39, 0.29) is 0 Å². The van der Waals surface area contributed by atoms with Crippen LogP contribution < -0.4 is 5.32 Å². The van der Waals surface area contributed by atoms with Crippen molar-refractivity contribution in [3.05, 3.63) is 0 Å². The molecule has 0 spiro atoms. The van der Waals surface area contributed by atoms with Gasteiger partial charge in [0.25, 0.3) is 0 Å². The summed E-state index contributed by atoms with van der Waals surface area (Å²) in [6, 6.07) is 0.813. The molecule has 0 aromatic heterocycles. The predicted molar refractivity (Wildman–Crippen MR) is 65.9 cm³/mol. The summed E-state index contributed by atoms with van der Waals surface area (Å²) in [5.74, 6) is 1.99. The molecule has 2 fully saturated rings. The first kappa shape index (κ1) is 11.4. The molecule has 2 rings (SSSR count). The summed E-state index contributed by atoms with van der Waals surface area (Å²) in [5.41, 5.74) is 0.630. The Morgan fingerprint density at radius 3 is 2.33 bits per heavy atom. The molecule has 1 N–H and O–H groups in total. The molecule has 0 aliphatic heterocycles. The maximum absolute atomic E-state index is 3.73. The lowest BCUT2D eigenvalue weighted by Gasteiger charge is -2.23. The van der Waals surface area contributed by atoms with Crippen LogP contribution in [0.3, 0.4) is 0 Å². The fraction of sp³-hybridized carbons (Fsp3) is 1.00. The number of hydrogen-bond acceptors (Lipinski definition) is 1. The minimum Gasteiger partial charge on any atom is -0.314 e. The maximum Gasteiger partial charge on any atom is 0.0103 e. The topological polar surface area (TPSA) is 12.0 Å². The van der Waals surface area contributed by atoms with E-state index in [0.717, 1.165) is 24.4 Å².